The van der Waals surface area contributed by atoms with E-state index in [1.54, 1.807) is 39.5 Å². The smallest absolute Gasteiger partial charge is 0.203 e. The van der Waals surface area contributed by atoms with Crippen LogP contribution in [0.1, 0.15) is 16.3 Å². The van der Waals surface area contributed by atoms with Crippen LogP contribution in [0.2, 0.25) is 0 Å². The number of nitriles is 1. The molecule has 0 atom stereocenters. The van der Waals surface area contributed by atoms with Gasteiger partial charge < -0.3 is 14.2 Å². The van der Waals surface area contributed by atoms with Crippen LogP contribution in [0.25, 0.3) is 11.6 Å². The van der Waals surface area contributed by atoms with Crippen LogP contribution in [0, 0.1) is 18.3 Å². The maximum Gasteiger partial charge on any atom is 0.203 e. The molecule has 0 saturated carbocycles. The van der Waals surface area contributed by atoms with Gasteiger partial charge in [0.25, 0.3) is 0 Å². The standard InChI is InChI=1S/C16H16N2O3S/c1-10-9-22-16(18-10)12(8-17)5-11-6-13(19-2)15(21-4)14(7-11)20-3/h5-7,9H,1-4H3/b12-5-. The lowest BCUT2D eigenvalue weighted by Crippen LogP contribution is -1.95. The third-order valence-corrected chi connectivity index (χ3v) is 3.96. The van der Waals surface area contributed by atoms with Crippen molar-refractivity contribution in [3.05, 3.63) is 33.8 Å². The summed E-state index contributed by atoms with van der Waals surface area (Å²) in [5, 5.41) is 12.0. The Bertz CT molecular complexity index is 719. The largest absolute Gasteiger partial charge is 0.493 e. The first kappa shape index (κ1) is 15.9. The van der Waals surface area contributed by atoms with Gasteiger partial charge in [-0.15, -0.1) is 11.3 Å². The first-order valence-corrected chi connectivity index (χ1v) is 7.35. The van der Waals surface area contributed by atoms with Crippen molar-refractivity contribution in [3.8, 4) is 23.3 Å². The Hall–Kier alpha value is -2.52. The van der Waals surface area contributed by atoms with E-state index in [9.17, 15) is 5.26 Å². The van der Waals surface area contributed by atoms with Crippen LogP contribution in [0.5, 0.6) is 17.2 Å². The maximum absolute atomic E-state index is 9.36. The lowest BCUT2D eigenvalue weighted by molar-refractivity contribution is 0.324. The maximum atomic E-state index is 9.36. The van der Waals surface area contributed by atoms with Crippen molar-refractivity contribution in [2.24, 2.45) is 0 Å². The number of aromatic nitrogens is 1. The van der Waals surface area contributed by atoms with Crippen LogP contribution in [0.4, 0.5) is 0 Å². The number of ether oxygens (including phenoxy) is 3. The molecule has 1 aromatic carbocycles. The molecule has 22 heavy (non-hydrogen) atoms. The van der Waals surface area contributed by atoms with Gasteiger partial charge in [-0.2, -0.15) is 5.26 Å². The summed E-state index contributed by atoms with van der Waals surface area (Å²) >= 11 is 1.44. The minimum atomic E-state index is 0.493. The Morgan fingerprint density at radius 3 is 2.23 bits per heavy atom. The molecule has 0 aliphatic rings. The Kier molecular flexibility index (Phi) is 5.02. The Morgan fingerprint density at radius 1 is 1.18 bits per heavy atom. The van der Waals surface area contributed by atoms with E-state index in [0.717, 1.165) is 11.3 Å². The van der Waals surface area contributed by atoms with E-state index in [4.69, 9.17) is 14.2 Å². The molecule has 0 spiro atoms. The summed E-state index contributed by atoms with van der Waals surface area (Å²) in [5.74, 6) is 1.60. The molecule has 114 valence electrons. The first-order valence-electron chi connectivity index (χ1n) is 6.47. The van der Waals surface area contributed by atoms with E-state index in [1.165, 1.54) is 11.3 Å². The van der Waals surface area contributed by atoms with Crippen molar-refractivity contribution in [2.45, 2.75) is 6.92 Å². The number of rotatable bonds is 5. The second-order valence-corrected chi connectivity index (χ2v) is 5.28. The number of benzene rings is 1. The molecule has 1 heterocycles. The van der Waals surface area contributed by atoms with E-state index >= 15 is 0 Å². The monoisotopic (exact) mass is 316 g/mol. The second kappa shape index (κ2) is 6.96. The molecular weight excluding hydrogens is 300 g/mol. The van der Waals surface area contributed by atoms with E-state index in [-0.39, 0.29) is 0 Å². The molecule has 0 radical (unpaired) electrons. The van der Waals surface area contributed by atoms with E-state index in [2.05, 4.69) is 11.1 Å². The molecule has 0 unspecified atom stereocenters. The topological polar surface area (TPSA) is 64.4 Å². The highest BCUT2D eigenvalue weighted by Gasteiger charge is 2.13. The summed E-state index contributed by atoms with van der Waals surface area (Å²) in [6, 6.07) is 5.76. The van der Waals surface area contributed by atoms with Crippen molar-refractivity contribution in [3.63, 3.8) is 0 Å². The molecule has 0 N–H and O–H groups in total. The molecule has 0 aliphatic heterocycles. The molecule has 0 bridgehead atoms. The molecule has 2 aromatic rings. The summed E-state index contributed by atoms with van der Waals surface area (Å²) in [6.45, 7) is 1.90. The average Bonchev–Trinajstić information content (AvgIpc) is 2.97. The van der Waals surface area contributed by atoms with Gasteiger partial charge in [0.15, 0.2) is 11.5 Å². The fraction of sp³-hybridized carbons (Fsp3) is 0.250. The number of aryl methyl sites for hydroxylation is 1. The van der Waals surface area contributed by atoms with Gasteiger partial charge in [0.1, 0.15) is 11.1 Å². The molecule has 0 saturated heterocycles. The number of allylic oxidation sites excluding steroid dienone is 1. The van der Waals surface area contributed by atoms with Crippen LogP contribution in [0.3, 0.4) is 0 Å². The number of hydrogen-bond donors (Lipinski definition) is 0. The summed E-state index contributed by atoms with van der Waals surface area (Å²) in [4.78, 5) is 4.34. The molecule has 2 rings (SSSR count). The van der Waals surface area contributed by atoms with Gasteiger partial charge in [0.05, 0.1) is 26.9 Å². The summed E-state index contributed by atoms with van der Waals surface area (Å²) in [6.07, 6.45) is 1.75. The minimum absolute atomic E-state index is 0.493. The zero-order valence-corrected chi connectivity index (χ0v) is 13.7. The molecule has 0 aliphatic carbocycles. The van der Waals surface area contributed by atoms with Crippen LogP contribution < -0.4 is 14.2 Å². The van der Waals surface area contributed by atoms with E-state index < -0.39 is 0 Å². The van der Waals surface area contributed by atoms with Crippen molar-refractivity contribution in [2.75, 3.05) is 21.3 Å². The minimum Gasteiger partial charge on any atom is -0.493 e. The third-order valence-electron chi connectivity index (χ3n) is 2.97. The molecule has 6 heteroatoms. The highest BCUT2D eigenvalue weighted by Crippen LogP contribution is 2.39. The zero-order chi connectivity index (χ0) is 16.1. The third kappa shape index (κ3) is 3.21. The summed E-state index contributed by atoms with van der Waals surface area (Å²) < 4.78 is 15.9. The van der Waals surface area contributed by atoms with E-state index in [1.807, 2.05) is 12.3 Å². The molecule has 0 amide bonds. The predicted molar refractivity (Wildman–Crippen MR) is 86.4 cm³/mol. The van der Waals surface area contributed by atoms with Gasteiger partial charge >= 0.3 is 0 Å². The molecule has 5 nitrogen and oxygen atoms in total. The predicted octanol–water partition coefficient (Wildman–Crippen LogP) is 3.54. The van der Waals surface area contributed by atoms with Crippen molar-refractivity contribution >= 4 is 23.0 Å². The Morgan fingerprint density at radius 2 is 1.82 bits per heavy atom. The van der Waals surface area contributed by atoms with Crippen LogP contribution >= 0.6 is 11.3 Å². The summed E-state index contributed by atoms with van der Waals surface area (Å²) in [7, 11) is 4.66. The molecular formula is C16H16N2O3S. The van der Waals surface area contributed by atoms with Gasteiger partial charge in [-0.1, -0.05) is 0 Å². The highest BCUT2D eigenvalue weighted by atomic mass is 32.1. The van der Waals surface area contributed by atoms with Gasteiger partial charge in [-0.05, 0) is 30.7 Å². The molecule has 1 aromatic heterocycles. The van der Waals surface area contributed by atoms with Gasteiger partial charge in [0.2, 0.25) is 5.75 Å². The fourth-order valence-corrected chi connectivity index (χ4v) is 2.73. The van der Waals surface area contributed by atoms with Crippen LogP contribution in [0.15, 0.2) is 17.5 Å². The average molecular weight is 316 g/mol. The normalized spacial score (nSPS) is 11.0. The highest BCUT2D eigenvalue weighted by molar-refractivity contribution is 7.11. The number of methoxy groups -OCH3 is 3. The van der Waals surface area contributed by atoms with Crippen molar-refractivity contribution in [1.29, 1.82) is 5.26 Å². The van der Waals surface area contributed by atoms with Crippen molar-refractivity contribution in [1.82, 2.24) is 4.98 Å². The number of nitrogens with zero attached hydrogens (tertiary/aromatic N) is 2. The lowest BCUT2D eigenvalue weighted by Gasteiger charge is -2.13. The SMILES string of the molecule is COc1cc(/C=C(/C#N)c2nc(C)cs2)cc(OC)c1OC. The van der Waals surface area contributed by atoms with Gasteiger partial charge in [-0.3, -0.25) is 0 Å². The Labute approximate surface area is 133 Å². The number of thiazole rings is 1. The zero-order valence-electron chi connectivity index (χ0n) is 12.8. The van der Waals surface area contributed by atoms with E-state index in [0.29, 0.717) is 27.8 Å². The first-order chi connectivity index (χ1) is 10.6. The summed E-state index contributed by atoms with van der Waals surface area (Å²) in [5.41, 5.74) is 2.16. The van der Waals surface area contributed by atoms with Crippen LogP contribution in [-0.4, -0.2) is 26.3 Å². The number of hydrogen-bond acceptors (Lipinski definition) is 6. The molecule has 0 fully saturated rings. The van der Waals surface area contributed by atoms with Crippen LogP contribution in [-0.2, 0) is 0 Å². The Balaban J connectivity index is 2.52. The van der Waals surface area contributed by atoms with Gasteiger partial charge in [0, 0.05) is 11.1 Å². The quantitative estimate of drug-likeness (QED) is 0.789. The lowest BCUT2D eigenvalue weighted by atomic mass is 10.1. The van der Waals surface area contributed by atoms with Gasteiger partial charge in [-0.25, -0.2) is 4.98 Å². The second-order valence-electron chi connectivity index (χ2n) is 4.42. The van der Waals surface area contributed by atoms with Crippen molar-refractivity contribution < 1.29 is 14.2 Å². The fourth-order valence-electron chi connectivity index (χ4n) is 1.97.